The first-order valence-electron chi connectivity index (χ1n) is 12.4. The molecule has 11 heteroatoms. The molecule has 0 unspecified atom stereocenters. The maximum Gasteiger partial charge on any atom is 0.261 e. The summed E-state index contributed by atoms with van der Waals surface area (Å²) in [6.45, 7) is 8.59. The van der Waals surface area contributed by atoms with E-state index in [0.29, 0.717) is 23.6 Å². The predicted molar refractivity (Wildman–Crippen MR) is 154 cm³/mol. The average Bonchev–Trinajstić information content (AvgIpc) is 3.43. The molecule has 0 aliphatic carbocycles. The fraction of sp³-hybridized carbons (Fsp3) is 0.241. The molecule has 5 rings (SSSR count). The van der Waals surface area contributed by atoms with Gasteiger partial charge in [-0.1, -0.05) is 63.2 Å². The summed E-state index contributed by atoms with van der Waals surface area (Å²) >= 11 is 0. The van der Waals surface area contributed by atoms with Crippen molar-refractivity contribution >= 4 is 27.1 Å². The molecule has 0 amide bonds. The van der Waals surface area contributed by atoms with Crippen molar-refractivity contribution in [3.63, 3.8) is 0 Å². The number of H-pyrrole nitrogens is 1. The van der Waals surface area contributed by atoms with Crippen molar-refractivity contribution < 1.29 is 21.8 Å². The van der Waals surface area contributed by atoms with Gasteiger partial charge >= 0.3 is 0 Å². The third kappa shape index (κ3) is 6.21. The number of hydrogen-bond acceptors (Lipinski definition) is 5. The molecule has 210 valence electrons. The number of hydrogen-bond donors (Lipinski definition) is 3. The van der Waals surface area contributed by atoms with Crippen molar-refractivity contribution in [1.82, 2.24) is 19.5 Å². The number of nitrogens with zero attached hydrogens (tertiary/aromatic N) is 3. The standard InChI is InChI=1S/C28H27F2N5.CH4O3S/c1-16(28(2,3)4)35-22-15-18(13-14-21(22)32-27(35)31)25-24(17-9-6-5-7-10-17)33-26(34-25)23-19(29)11-8-12-20(23)30;1-5(2,3)4/h5-16H,1-4H3,(H2,31,32)(H,33,34);1H3,(H,2,3,4)/t16-;/m0./s1. The van der Waals surface area contributed by atoms with Crippen molar-refractivity contribution in [2.45, 2.75) is 33.7 Å². The number of rotatable bonds is 4. The second-order valence-electron chi connectivity index (χ2n) is 10.6. The van der Waals surface area contributed by atoms with Gasteiger partial charge in [0.05, 0.1) is 34.2 Å². The van der Waals surface area contributed by atoms with Crippen LogP contribution in [-0.2, 0) is 10.1 Å². The van der Waals surface area contributed by atoms with Crippen LogP contribution in [0.15, 0.2) is 66.7 Å². The van der Waals surface area contributed by atoms with Crippen LogP contribution in [0.5, 0.6) is 0 Å². The molecule has 40 heavy (non-hydrogen) atoms. The van der Waals surface area contributed by atoms with Crippen LogP contribution in [0.4, 0.5) is 14.7 Å². The molecule has 5 aromatic rings. The Morgan fingerprint density at radius 3 is 2.12 bits per heavy atom. The second-order valence-corrected chi connectivity index (χ2v) is 12.1. The summed E-state index contributed by atoms with van der Waals surface area (Å²) in [7, 11) is -3.67. The lowest BCUT2D eigenvalue weighted by atomic mass is 9.87. The maximum absolute atomic E-state index is 14.6. The minimum absolute atomic E-state index is 0.0468. The van der Waals surface area contributed by atoms with Gasteiger partial charge < -0.3 is 15.3 Å². The van der Waals surface area contributed by atoms with E-state index in [4.69, 9.17) is 10.3 Å². The smallest absolute Gasteiger partial charge is 0.261 e. The zero-order chi connectivity index (χ0) is 29.4. The molecule has 0 spiro atoms. The molecule has 1 atom stereocenters. The van der Waals surface area contributed by atoms with Gasteiger partial charge in [0.1, 0.15) is 17.5 Å². The zero-order valence-corrected chi connectivity index (χ0v) is 23.6. The molecule has 0 aliphatic rings. The Bertz CT molecular complexity index is 1750. The Morgan fingerprint density at radius 1 is 0.950 bits per heavy atom. The monoisotopic (exact) mass is 567 g/mol. The van der Waals surface area contributed by atoms with Gasteiger partial charge in [-0.3, -0.25) is 4.55 Å². The Labute approximate surface area is 231 Å². The van der Waals surface area contributed by atoms with Crippen LogP contribution in [0.3, 0.4) is 0 Å². The Kier molecular flexibility index (Phi) is 7.82. The molecule has 0 radical (unpaired) electrons. The maximum atomic E-state index is 14.6. The number of fused-ring (bicyclic) bond motifs is 1. The van der Waals surface area contributed by atoms with Gasteiger partial charge in [0, 0.05) is 17.2 Å². The van der Waals surface area contributed by atoms with E-state index < -0.39 is 21.8 Å². The van der Waals surface area contributed by atoms with Crippen molar-refractivity contribution in [2.24, 2.45) is 5.41 Å². The summed E-state index contributed by atoms with van der Waals surface area (Å²) in [5.41, 5.74) is 10.6. The lowest BCUT2D eigenvalue weighted by Crippen LogP contribution is -2.22. The first kappa shape index (κ1) is 28.9. The molecule has 0 aliphatic heterocycles. The normalized spacial score (nSPS) is 12.7. The first-order chi connectivity index (χ1) is 18.6. The van der Waals surface area contributed by atoms with Crippen molar-refractivity contribution in [3.05, 3.63) is 78.4 Å². The Morgan fingerprint density at radius 2 is 1.55 bits per heavy atom. The van der Waals surface area contributed by atoms with Gasteiger partial charge in [0.15, 0.2) is 0 Å². The van der Waals surface area contributed by atoms with E-state index in [-0.39, 0.29) is 22.8 Å². The highest BCUT2D eigenvalue weighted by atomic mass is 32.2. The third-order valence-electron chi connectivity index (χ3n) is 6.60. The summed E-state index contributed by atoms with van der Waals surface area (Å²) in [5, 5.41) is 0. The van der Waals surface area contributed by atoms with Gasteiger partial charge in [0.25, 0.3) is 10.1 Å². The number of halogens is 2. The van der Waals surface area contributed by atoms with Crippen LogP contribution >= 0.6 is 0 Å². The molecule has 8 nitrogen and oxygen atoms in total. The van der Waals surface area contributed by atoms with E-state index in [1.54, 1.807) is 0 Å². The molecule has 0 saturated heterocycles. The number of nitrogens with one attached hydrogen (secondary N) is 1. The number of aromatic amines is 1. The highest BCUT2D eigenvalue weighted by molar-refractivity contribution is 7.85. The van der Waals surface area contributed by atoms with E-state index in [9.17, 15) is 17.2 Å². The molecular formula is C29H31F2N5O3S. The summed E-state index contributed by atoms with van der Waals surface area (Å²) in [6.07, 6.45) is 0.715. The molecular weight excluding hydrogens is 536 g/mol. The van der Waals surface area contributed by atoms with Crippen LogP contribution in [0.1, 0.15) is 33.7 Å². The van der Waals surface area contributed by atoms with E-state index in [2.05, 4.69) is 42.6 Å². The van der Waals surface area contributed by atoms with E-state index in [0.717, 1.165) is 22.2 Å². The highest BCUT2D eigenvalue weighted by Gasteiger charge is 2.26. The highest BCUT2D eigenvalue weighted by Crippen LogP contribution is 2.38. The Hall–Kier alpha value is -4.09. The van der Waals surface area contributed by atoms with Crippen LogP contribution in [0.2, 0.25) is 0 Å². The molecule has 3 aromatic carbocycles. The van der Waals surface area contributed by atoms with Crippen molar-refractivity contribution in [2.75, 3.05) is 12.0 Å². The second kappa shape index (κ2) is 10.8. The van der Waals surface area contributed by atoms with Gasteiger partial charge in [-0.05, 0) is 36.6 Å². The van der Waals surface area contributed by atoms with Gasteiger partial charge in [-0.15, -0.1) is 0 Å². The van der Waals surface area contributed by atoms with Crippen LogP contribution in [0.25, 0.3) is 44.9 Å². The molecule has 2 aromatic heterocycles. The van der Waals surface area contributed by atoms with Gasteiger partial charge in [-0.2, -0.15) is 8.42 Å². The minimum atomic E-state index is -3.67. The lowest BCUT2D eigenvalue weighted by Gasteiger charge is -2.29. The quantitative estimate of drug-likeness (QED) is 0.207. The zero-order valence-electron chi connectivity index (χ0n) is 22.8. The summed E-state index contributed by atoms with van der Waals surface area (Å²) in [6, 6.07) is 19.3. The fourth-order valence-corrected chi connectivity index (χ4v) is 4.29. The number of benzene rings is 3. The largest absolute Gasteiger partial charge is 0.369 e. The van der Waals surface area contributed by atoms with Crippen molar-refractivity contribution in [1.29, 1.82) is 0 Å². The number of nitrogen functional groups attached to an aromatic ring is 1. The number of anilines is 1. The third-order valence-corrected chi connectivity index (χ3v) is 6.60. The minimum Gasteiger partial charge on any atom is -0.369 e. The topological polar surface area (TPSA) is 127 Å². The van der Waals surface area contributed by atoms with Gasteiger partial charge in [-0.25, -0.2) is 18.7 Å². The predicted octanol–water partition coefficient (Wildman–Crippen LogP) is 6.73. The van der Waals surface area contributed by atoms with Crippen LogP contribution in [-0.4, -0.2) is 38.7 Å². The van der Waals surface area contributed by atoms with E-state index in [1.807, 2.05) is 53.1 Å². The summed E-state index contributed by atoms with van der Waals surface area (Å²) < 4.78 is 57.1. The first-order valence-corrected chi connectivity index (χ1v) is 14.3. The van der Waals surface area contributed by atoms with E-state index >= 15 is 0 Å². The average molecular weight is 568 g/mol. The number of nitrogens with two attached hydrogens (primary N) is 1. The van der Waals surface area contributed by atoms with Gasteiger partial charge in [0.2, 0.25) is 5.95 Å². The molecule has 2 heterocycles. The SMILES string of the molecule is CS(=O)(=O)O.C[C@H](n1c(N)nc2ccc(-c3nc(-c4c(F)cccc4F)[nH]c3-c3ccccc3)cc21)C(C)(C)C. The molecule has 4 N–H and O–H groups in total. The number of imidazole rings is 2. The Balaban J connectivity index is 0.000000681. The lowest BCUT2D eigenvalue weighted by molar-refractivity contribution is 0.270. The molecule has 0 bridgehead atoms. The fourth-order valence-electron chi connectivity index (χ4n) is 4.29. The number of aromatic nitrogens is 4. The molecule has 0 fully saturated rings. The molecule has 0 saturated carbocycles. The summed E-state index contributed by atoms with van der Waals surface area (Å²) in [5.74, 6) is -0.778. The summed E-state index contributed by atoms with van der Waals surface area (Å²) in [4.78, 5) is 12.4. The van der Waals surface area contributed by atoms with Crippen LogP contribution in [0, 0.1) is 17.0 Å². The van der Waals surface area contributed by atoms with Crippen molar-refractivity contribution in [3.8, 4) is 33.9 Å². The van der Waals surface area contributed by atoms with Crippen LogP contribution < -0.4 is 5.73 Å². The van der Waals surface area contributed by atoms with E-state index in [1.165, 1.54) is 18.2 Å².